The van der Waals surface area contributed by atoms with Gasteiger partial charge in [-0.15, -0.1) is 0 Å². The fraction of sp³-hybridized carbons (Fsp3) is 0.300. The smallest absolute Gasteiger partial charge is 0.279 e. The Labute approximate surface area is 162 Å². The van der Waals surface area contributed by atoms with Crippen LogP contribution >= 0.6 is 11.3 Å². The van der Waals surface area contributed by atoms with Crippen molar-refractivity contribution < 1.29 is 13.2 Å². The van der Waals surface area contributed by atoms with Crippen LogP contribution in [0, 0.1) is 13.8 Å². The molecule has 0 saturated heterocycles. The molecule has 3 aromatic rings. The quantitative estimate of drug-likeness (QED) is 0.669. The van der Waals surface area contributed by atoms with E-state index in [2.05, 4.69) is 17.1 Å². The van der Waals surface area contributed by atoms with Gasteiger partial charge in [0.1, 0.15) is 0 Å². The van der Waals surface area contributed by atoms with Crippen molar-refractivity contribution in [2.75, 3.05) is 0 Å². The molecule has 1 aromatic heterocycles. The highest BCUT2D eigenvalue weighted by Crippen LogP contribution is 2.24. The van der Waals surface area contributed by atoms with Crippen LogP contribution in [0.25, 0.3) is 10.2 Å². The molecule has 27 heavy (non-hydrogen) atoms. The van der Waals surface area contributed by atoms with Crippen molar-refractivity contribution in [2.45, 2.75) is 37.8 Å². The predicted molar refractivity (Wildman–Crippen MR) is 109 cm³/mol. The van der Waals surface area contributed by atoms with Gasteiger partial charge in [0.15, 0.2) is 14.6 Å². The zero-order valence-electron chi connectivity index (χ0n) is 16.0. The summed E-state index contributed by atoms with van der Waals surface area (Å²) in [6.07, 6.45) is 0. The number of sulfone groups is 1. The third-order valence-corrected chi connectivity index (χ3v) is 8.03. The molecule has 1 amide bonds. The third-order valence-electron chi connectivity index (χ3n) is 4.59. The summed E-state index contributed by atoms with van der Waals surface area (Å²) in [7, 11) is -1.46. The molecule has 0 spiro atoms. The number of aromatic nitrogens is 1. The summed E-state index contributed by atoms with van der Waals surface area (Å²) >= 11 is 1.48. The van der Waals surface area contributed by atoms with Gasteiger partial charge in [-0.25, -0.2) is 8.42 Å². The molecule has 0 bridgehead atoms. The highest BCUT2D eigenvalue weighted by molar-refractivity contribution is 7.92. The maximum atomic E-state index is 12.6. The van der Waals surface area contributed by atoms with Gasteiger partial charge in [0.05, 0.1) is 20.4 Å². The van der Waals surface area contributed by atoms with Crippen molar-refractivity contribution in [3.05, 3.63) is 57.9 Å². The average molecular weight is 403 g/mol. The molecule has 7 heteroatoms. The fourth-order valence-corrected chi connectivity index (χ4v) is 5.10. The van der Waals surface area contributed by atoms with E-state index in [1.54, 1.807) is 13.8 Å². The van der Waals surface area contributed by atoms with Crippen molar-refractivity contribution >= 4 is 37.3 Å². The Bertz CT molecular complexity index is 1200. The third kappa shape index (κ3) is 3.49. The second-order valence-electron chi connectivity index (χ2n) is 6.86. The fourth-order valence-electron chi connectivity index (χ4n) is 2.88. The minimum Gasteiger partial charge on any atom is -0.319 e. The molecule has 0 fully saturated rings. The number of thiazole rings is 1. The molecule has 0 radical (unpaired) electrons. The van der Waals surface area contributed by atoms with Crippen LogP contribution < -0.4 is 4.80 Å². The molecule has 0 aliphatic carbocycles. The highest BCUT2D eigenvalue weighted by Gasteiger charge is 2.19. The van der Waals surface area contributed by atoms with E-state index in [1.165, 1.54) is 35.6 Å². The number of amides is 1. The lowest BCUT2D eigenvalue weighted by Gasteiger charge is -2.07. The van der Waals surface area contributed by atoms with Gasteiger partial charge in [-0.05, 0) is 63.1 Å². The second kappa shape index (κ2) is 7.05. The average Bonchev–Trinajstić information content (AvgIpc) is 2.96. The maximum Gasteiger partial charge on any atom is 0.279 e. The molecule has 0 N–H and O–H groups in total. The van der Waals surface area contributed by atoms with Crippen LogP contribution in [-0.4, -0.2) is 24.1 Å². The first-order valence-electron chi connectivity index (χ1n) is 8.61. The van der Waals surface area contributed by atoms with Crippen LogP contribution in [0.5, 0.6) is 0 Å². The maximum absolute atomic E-state index is 12.6. The molecule has 3 rings (SSSR count). The van der Waals surface area contributed by atoms with Crippen LogP contribution in [0.3, 0.4) is 0 Å². The lowest BCUT2D eigenvalue weighted by Crippen LogP contribution is -2.15. The number of nitrogens with zero attached hydrogens (tertiary/aromatic N) is 2. The van der Waals surface area contributed by atoms with E-state index in [4.69, 9.17) is 0 Å². The van der Waals surface area contributed by atoms with E-state index in [1.807, 2.05) is 25.5 Å². The summed E-state index contributed by atoms with van der Waals surface area (Å²) in [5.41, 5.74) is 3.72. The van der Waals surface area contributed by atoms with Crippen LogP contribution in [0.1, 0.15) is 35.3 Å². The van der Waals surface area contributed by atoms with Crippen molar-refractivity contribution in [3.8, 4) is 0 Å². The van der Waals surface area contributed by atoms with E-state index < -0.39 is 15.1 Å². The monoisotopic (exact) mass is 402 g/mol. The number of rotatable bonds is 3. The summed E-state index contributed by atoms with van der Waals surface area (Å²) in [6.45, 7) is 7.34. The van der Waals surface area contributed by atoms with Gasteiger partial charge in [-0.1, -0.05) is 23.5 Å². The van der Waals surface area contributed by atoms with Gasteiger partial charge in [0, 0.05) is 12.6 Å². The van der Waals surface area contributed by atoms with Crippen molar-refractivity contribution in [2.24, 2.45) is 12.0 Å². The number of hydrogen-bond acceptors (Lipinski definition) is 4. The Kier molecular flexibility index (Phi) is 5.10. The van der Waals surface area contributed by atoms with E-state index in [0.717, 1.165) is 21.3 Å². The van der Waals surface area contributed by atoms with Gasteiger partial charge in [0.25, 0.3) is 5.91 Å². The summed E-state index contributed by atoms with van der Waals surface area (Å²) in [6, 6.07) is 10.1. The molecule has 0 aliphatic heterocycles. The Hall–Kier alpha value is -2.25. The summed E-state index contributed by atoms with van der Waals surface area (Å²) < 4.78 is 27.4. The molecule has 0 atom stereocenters. The normalized spacial score (nSPS) is 12.9. The van der Waals surface area contributed by atoms with Crippen molar-refractivity contribution in [1.29, 1.82) is 0 Å². The molecule has 0 unspecified atom stereocenters. The largest absolute Gasteiger partial charge is 0.319 e. The summed E-state index contributed by atoms with van der Waals surface area (Å²) in [5, 5.41) is -0.507. The highest BCUT2D eigenvalue weighted by atomic mass is 32.2. The molecule has 142 valence electrons. The van der Waals surface area contributed by atoms with Crippen molar-refractivity contribution in [3.63, 3.8) is 0 Å². The Morgan fingerprint density at radius 1 is 1.04 bits per heavy atom. The molecule has 1 heterocycles. The minimum atomic E-state index is -3.36. The lowest BCUT2D eigenvalue weighted by atomic mass is 10.1. The number of aryl methyl sites for hydroxylation is 3. The Morgan fingerprint density at radius 2 is 1.63 bits per heavy atom. The summed E-state index contributed by atoms with van der Waals surface area (Å²) in [4.78, 5) is 17.7. The van der Waals surface area contributed by atoms with Gasteiger partial charge < -0.3 is 4.57 Å². The number of benzene rings is 2. The molecule has 0 saturated carbocycles. The molecular formula is C20H22N2O3S2. The number of carbonyl (C=O) groups is 1. The van der Waals surface area contributed by atoms with E-state index in [0.29, 0.717) is 10.4 Å². The van der Waals surface area contributed by atoms with Gasteiger partial charge >= 0.3 is 0 Å². The first kappa shape index (κ1) is 19.5. The Balaban J connectivity index is 2.03. The second-order valence-corrected chi connectivity index (χ2v) is 10.3. The van der Waals surface area contributed by atoms with Crippen LogP contribution in [0.4, 0.5) is 0 Å². The molecule has 0 aliphatic rings. The zero-order valence-corrected chi connectivity index (χ0v) is 17.6. The van der Waals surface area contributed by atoms with Gasteiger partial charge in [-0.2, -0.15) is 4.99 Å². The molecule has 2 aromatic carbocycles. The standard InChI is InChI=1S/C20H22N2O3S2/c1-12(2)27(24,25)16-10-8-15(9-11-16)19(23)21-20-22(5)17-13(3)6-7-14(4)18(17)26-20/h6-12H,1-5H3. The Morgan fingerprint density at radius 3 is 2.19 bits per heavy atom. The van der Waals surface area contributed by atoms with Crippen LogP contribution in [0.15, 0.2) is 46.3 Å². The topological polar surface area (TPSA) is 68.5 Å². The minimum absolute atomic E-state index is 0.215. The van der Waals surface area contributed by atoms with E-state index in [-0.39, 0.29) is 10.8 Å². The van der Waals surface area contributed by atoms with Gasteiger partial charge in [-0.3, -0.25) is 4.79 Å². The molecular weight excluding hydrogens is 380 g/mol. The lowest BCUT2D eigenvalue weighted by molar-refractivity contribution is 0.0998. The first-order valence-corrected chi connectivity index (χ1v) is 11.0. The van der Waals surface area contributed by atoms with E-state index >= 15 is 0 Å². The number of fused-ring (bicyclic) bond motifs is 1. The number of carbonyl (C=O) groups excluding carboxylic acids is 1. The summed E-state index contributed by atoms with van der Waals surface area (Å²) in [5.74, 6) is -0.388. The van der Waals surface area contributed by atoms with E-state index in [9.17, 15) is 13.2 Å². The number of hydrogen-bond donors (Lipinski definition) is 0. The predicted octanol–water partition coefficient (Wildman–Crippen LogP) is 3.78. The van der Waals surface area contributed by atoms with Crippen LogP contribution in [0.2, 0.25) is 0 Å². The first-order chi connectivity index (χ1) is 12.6. The SMILES string of the molecule is Cc1ccc(C)c2c1sc(=NC(=O)c1ccc(S(=O)(=O)C(C)C)cc1)n2C. The van der Waals surface area contributed by atoms with Crippen molar-refractivity contribution in [1.82, 2.24) is 4.57 Å². The zero-order chi connectivity index (χ0) is 19.9. The molecule has 5 nitrogen and oxygen atoms in total. The van der Waals surface area contributed by atoms with Gasteiger partial charge in [0.2, 0.25) is 0 Å². The van der Waals surface area contributed by atoms with Crippen LogP contribution in [-0.2, 0) is 16.9 Å².